The van der Waals surface area contributed by atoms with Crippen molar-refractivity contribution in [3.8, 4) is 45.1 Å². The fraction of sp³-hybridized carbons (Fsp3) is 0.222. The van der Waals surface area contributed by atoms with Gasteiger partial charge in [-0.25, -0.2) is 0 Å². The molecule has 0 fully saturated rings. The van der Waals surface area contributed by atoms with E-state index in [2.05, 4.69) is 70.8 Å². The van der Waals surface area contributed by atoms with Crippen molar-refractivity contribution in [3.63, 3.8) is 0 Å². The summed E-state index contributed by atoms with van der Waals surface area (Å²) in [7, 11) is -1.34. The molecule has 5 aromatic rings. The normalized spacial score (nSPS) is 14.1. The van der Waals surface area contributed by atoms with Gasteiger partial charge in [0.05, 0.1) is 10.8 Å². The Morgan fingerprint density at radius 3 is 2.02 bits per heavy atom. The molecule has 1 aliphatic heterocycles. The van der Waals surface area contributed by atoms with Crippen LogP contribution in [-0.2, 0) is 42.7 Å². The molecule has 42 heavy (non-hydrogen) atoms. The molecule has 6 heteroatoms. The molecule has 6 rings (SSSR count). The van der Waals surface area contributed by atoms with Crippen LogP contribution in [0.5, 0.6) is 11.5 Å². The van der Waals surface area contributed by atoms with E-state index in [4.69, 9.17) is 9.72 Å². The average molecular weight is 752 g/mol. The summed E-state index contributed by atoms with van der Waals surface area (Å²) in [5.74, 6) is 0.998. The molecule has 0 amide bonds. The Balaban J connectivity index is 0.00000353. The van der Waals surface area contributed by atoms with E-state index in [0.29, 0.717) is 16.4 Å². The van der Waals surface area contributed by atoms with Crippen LogP contribution in [0.2, 0.25) is 0 Å². The Bertz CT molecular complexity index is 1820. The summed E-state index contributed by atoms with van der Waals surface area (Å²) in [6.45, 7) is 13.1. The van der Waals surface area contributed by atoms with E-state index >= 15 is 0 Å². The number of nitrogens with zero attached hydrogens (tertiary/aromatic N) is 2. The van der Waals surface area contributed by atoms with Crippen LogP contribution in [0, 0.1) is 12.1 Å². The smallest absolute Gasteiger partial charge is 0.497 e. The van der Waals surface area contributed by atoms with Crippen LogP contribution in [0.3, 0.4) is 0 Å². The summed E-state index contributed by atoms with van der Waals surface area (Å²) < 4.78 is 20.0. The van der Waals surface area contributed by atoms with E-state index in [9.17, 15) is 4.21 Å². The van der Waals surface area contributed by atoms with Crippen molar-refractivity contribution in [1.29, 1.82) is 0 Å². The van der Waals surface area contributed by atoms with Gasteiger partial charge in [-0.15, -0.1) is 29.3 Å². The van der Waals surface area contributed by atoms with Gasteiger partial charge in [0.15, 0.2) is 0 Å². The van der Waals surface area contributed by atoms with E-state index in [1.54, 1.807) is 0 Å². The zero-order chi connectivity index (χ0) is 28.9. The van der Waals surface area contributed by atoms with Gasteiger partial charge in [-0.1, -0.05) is 95.6 Å². The first-order valence-corrected chi connectivity index (χ1v) is 14.9. The SMILES string of the molecule is CC(C)(C)c1ccnc(-c2[c-]c(Oc3[c-]c(-c4cc(C(C)(C)C)ccn4)c4c(c3)S(=O)c3ccccc3-4)ccc2)c1.[Pt+2]. The maximum absolute atomic E-state index is 13.7. The summed E-state index contributed by atoms with van der Waals surface area (Å²) in [4.78, 5) is 10.8. The fourth-order valence-electron chi connectivity index (χ4n) is 5.00. The molecule has 0 aliphatic carbocycles. The largest absolute Gasteiger partial charge is 2.00 e. The van der Waals surface area contributed by atoms with Gasteiger partial charge in [-0.3, -0.25) is 4.21 Å². The van der Waals surface area contributed by atoms with Gasteiger partial charge >= 0.3 is 21.1 Å². The van der Waals surface area contributed by atoms with Crippen molar-refractivity contribution < 1.29 is 30.0 Å². The van der Waals surface area contributed by atoms with Gasteiger partial charge < -0.3 is 14.7 Å². The molecule has 0 saturated carbocycles. The second-order valence-electron chi connectivity index (χ2n) is 12.4. The van der Waals surface area contributed by atoms with E-state index in [1.807, 2.05) is 73.1 Å². The molecule has 3 heterocycles. The first-order chi connectivity index (χ1) is 19.5. The van der Waals surface area contributed by atoms with E-state index < -0.39 is 10.8 Å². The molecular weight excluding hydrogens is 720 g/mol. The third kappa shape index (κ3) is 5.78. The van der Waals surface area contributed by atoms with Gasteiger partial charge in [-0.2, -0.15) is 0 Å². The fourth-order valence-corrected chi connectivity index (χ4v) is 6.42. The summed E-state index contributed by atoms with van der Waals surface area (Å²) in [5, 5.41) is 0. The number of pyridine rings is 2. The predicted octanol–water partition coefficient (Wildman–Crippen LogP) is 8.94. The molecule has 1 aliphatic rings. The molecule has 3 aromatic carbocycles. The Kier molecular flexibility index (Phi) is 8.13. The number of aromatic nitrogens is 2. The van der Waals surface area contributed by atoms with Crippen molar-refractivity contribution in [1.82, 2.24) is 9.97 Å². The van der Waals surface area contributed by atoms with Crippen LogP contribution in [-0.4, -0.2) is 14.2 Å². The van der Waals surface area contributed by atoms with Gasteiger partial charge in [0, 0.05) is 28.8 Å². The van der Waals surface area contributed by atoms with Crippen molar-refractivity contribution in [2.75, 3.05) is 0 Å². The van der Waals surface area contributed by atoms with Gasteiger partial charge in [-0.05, 0) is 62.0 Å². The number of fused-ring (bicyclic) bond motifs is 3. The van der Waals surface area contributed by atoms with Crippen LogP contribution in [0.4, 0.5) is 0 Å². The minimum Gasteiger partial charge on any atom is -0.497 e. The van der Waals surface area contributed by atoms with Crippen LogP contribution < -0.4 is 4.74 Å². The molecule has 0 radical (unpaired) electrons. The van der Waals surface area contributed by atoms with Crippen LogP contribution in [0.25, 0.3) is 33.6 Å². The van der Waals surface area contributed by atoms with E-state index in [1.165, 1.54) is 5.56 Å². The maximum atomic E-state index is 13.7. The molecule has 2 aromatic heterocycles. The van der Waals surface area contributed by atoms with Gasteiger partial charge in [0.25, 0.3) is 0 Å². The number of ether oxygens (including phenoxy) is 1. The zero-order valence-electron chi connectivity index (χ0n) is 24.5. The Hall–Kier alpha value is -3.40. The third-order valence-electron chi connectivity index (χ3n) is 7.33. The minimum absolute atomic E-state index is 0. The molecule has 0 spiro atoms. The van der Waals surface area contributed by atoms with Crippen molar-refractivity contribution in [2.24, 2.45) is 0 Å². The first kappa shape index (κ1) is 30.1. The third-order valence-corrected chi connectivity index (χ3v) is 8.81. The topological polar surface area (TPSA) is 52.1 Å². The average Bonchev–Trinajstić information content (AvgIpc) is 3.24. The van der Waals surface area contributed by atoms with Crippen LogP contribution in [0.15, 0.2) is 95.0 Å². The molecule has 0 saturated heterocycles. The molecule has 0 N–H and O–H groups in total. The first-order valence-electron chi connectivity index (χ1n) is 13.7. The van der Waals surface area contributed by atoms with Gasteiger partial charge in [0.1, 0.15) is 0 Å². The molecule has 4 nitrogen and oxygen atoms in total. The van der Waals surface area contributed by atoms with E-state index in [-0.39, 0.29) is 31.9 Å². The minimum atomic E-state index is -1.34. The molecule has 0 bridgehead atoms. The van der Waals surface area contributed by atoms with Gasteiger partial charge in [0.2, 0.25) is 0 Å². The standard InChI is InChI=1S/C36H32N2O2S.Pt/c1-35(2,3)24-14-16-37-30(19-24)23-10-9-11-26(18-23)40-27-21-29(31-20-25(15-17-38-31)36(4,5)6)34-28-12-7-8-13-32(28)41(39)33(34)22-27;/h7-17,19-20,22H,1-6H3;/q-2;+2. The maximum Gasteiger partial charge on any atom is 2.00 e. The zero-order valence-corrected chi connectivity index (χ0v) is 27.6. The summed E-state index contributed by atoms with van der Waals surface area (Å²) in [6.07, 6.45) is 3.67. The number of benzene rings is 3. The Labute approximate surface area is 265 Å². The van der Waals surface area contributed by atoms with Crippen LogP contribution >= 0.6 is 0 Å². The molecule has 1 atom stereocenters. The predicted molar refractivity (Wildman–Crippen MR) is 165 cm³/mol. The van der Waals surface area contributed by atoms with Crippen LogP contribution in [0.1, 0.15) is 52.7 Å². The molecule has 1 unspecified atom stereocenters. The second kappa shape index (κ2) is 11.4. The second-order valence-corrected chi connectivity index (χ2v) is 13.8. The monoisotopic (exact) mass is 751 g/mol. The molecule has 214 valence electrons. The number of hydrogen-bond acceptors (Lipinski definition) is 4. The molecular formula is C36H32N2O2PtS. The number of rotatable bonds is 4. The van der Waals surface area contributed by atoms with Crippen molar-refractivity contribution in [2.45, 2.75) is 62.2 Å². The Morgan fingerprint density at radius 2 is 1.33 bits per heavy atom. The van der Waals surface area contributed by atoms with E-state index in [0.717, 1.165) is 44.1 Å². The Morgan fingerprint density at radius 1 is 0.690 bits per heavy atom. The number of hydrogen-bond donors (Lipinski definition) is 0. The summed E-state index contributed by atoms with van der Waals surface area (Å²) in [5.41, 5.74) is 7.38. The quantitative estimate of drug-likeness (QED) is 0.169. The summed E-state index contributed by atoms with van der Waals surface area (Å²) >= 11 is 0. The summed E-state index contributed by atoms with van der Waals surface area (Å²) in [6, 6.07) is 30.6. The van der Waals surface area contributed by atoms with Crippen molar-refractivity contribution in [3.05, 3.63) is 108 Å². The van der Waals surface area contributed by atoms with Crippen molar-refractivity contribution >= 4 is 10.8 Å².